The van der Waals surface area contributed by atoms with Gasteiger partial charge in [-0.15, -0.1) is 0 Å². The molecule has 126 valence electrons. The fraction of sp³-hybridized carbons (Fsp3) is 0.308. The van der Waals surface area contributed by atoms with Crippen LogP contribution in [0.25, 0.3) is 0 Å². The lowest BCUT2D eigenvalue weighted by Gasteiger charge is -2.17. The number of hydrogen-bond donors (Lipinski definition) is 1. The van der Waals surface area contributed by atoms with Crippen molar-refractivity contribution in [3.63, 3.8) is 0 Å². The molecule has 0 aliphatic heterocycles. The third-order valence-electron chi connectivity index (χ3n) is 3.22. The molecule has 0 atom stereocenters. The Kier molecular flexibility index (Phi) is 4.40. The number of benzene rings is 1. The van der Waals surface area contributed by atoms with E-state index in [1.165, 1.54) is 45.2 Å². The average Bonchev–Trinajstić information content (AvgIpc) is 2.77. The Morgan fingerprint density at radius 1 is 1.09 bits per heavy atom. The fourth-order valence-corrected chi connectivity index (χ4v) is 3.89. The standard InChI is InChI=1S/C13H17N3O5S2/c1-9-13(10(2)21-14-9)23(19,20)15-11-5-7-12(8-6-11)16(3)22(4,17)18/h5-8,15H,1-4H3. The molecule has 1 N–H and O–H groups in total. The first-order valence-electron chi connectivity index (χ1n) is 6.52. The third kappa shape index (κ3) is 3.64. The number of hydrogen-bond acceptors (Lipinski definition) is 6. The van der Waals surface area contributed by atoms with Crippen LogP contribution in [0.3, 0.4) is 0 Å². The second-order valence-corrected chi connectivity index (χ2v) is 8.67. The van der Waals surface area contributed by atoms with Crippen LogP contribution in [0.15, 0.2) is 33.7 Å². The lowest BCUT2D eigenvalue weighted by atomic mass is 10.3. The zero-order valence-corrected chi connectivity index (χ0v) is 14.7. The number of sulfonamides is 2. The van der Waals surface area contributed by atoms with Crippen LogP contribution in [0.4, 0.5) is 11.4 Å². The Bertz CT molecular complexity index is 896. The third-order valence-corrected chi connectivity index (χ3v) is 6.05. The van der Waals surface area contributed by atoms with Gasteiger partial charge in [-0.25, -0.2) is 16.8 Å². The second kappa shape index (κ2) is 5.85. The number of aromatic nitrogens is 1. The maximum Gasteiger partial charge on any atom is 0.267 e. The molecule has 0 fully saturated rings. The molecule has 8 nitrogen and oxygen atoms in total. The van der Waals surface area contributed by atoms with Crippen LogP contribution < -0.4 is 9.03 Å². The monoisotopic (exact) mass is 359 g/mol. The van der Waals surface area contributed by atoms with E-state index in [1.807, 2.05) is 0 Å². The summed E-state index contributed by atoms with van der Waals surface area (Å²) in [4.78, 5) is -0.00479. The SMILES string of the molecule is Cc1noc(C)c1S(=O)(=O)Nc1ccc(N(C)S(C)(=O)=O)cc1. The van der Waals surface area contributed by atoms with Crippen molar-refractivity contribution in [1.82, 2.24) is 5.16 Å². The van der Waals surface area contributed by atoms with E-state index in [-0.39, 0.29) is 16.3 Å². The Hall–Kier alpha value is -2.07. The lowest BCUT2D eigenvalue weighted by molar-refractivity contribution is 0.390. The van der Waals surface area contributed by atoms with Crippen LogP contribution in [0.5, 0.6) is 0 Å². The van der Waals surface area contributed by atoms with E-state index in [0.29, 0.717) is 11.4 Å². The summed E-state index contributed by atoms with van der Waals surface area (Å²) in [6, 6.07) is 5.97. The van der Waals surface area contributed by atoms with Crippen molar-refractivity contribution in [3.05, 3.63) is 35.7 Å². The maximum absolute atomic E-state index is 12.4. The van der Waals surface area contributed by atoms with E-state index < -0.39 is 20.0 Å². The first kappa shape index (κ1) is 17.3. The van der Waals surface area contributed by atoms with Gasteiger partial charge < -0.3 is 4.52 Å². The molecule has 0 bridgehead atoms. The highest BCUT2D eigenvalue weighted by molar-refractivity contribution is 7.93. The second-order valence-electron chi connectivity index (χ2n) is 5.04. The van der Waals surface area contributed by atoms with E-state index in [9.17, 15) is 16.8 Å². The fourth-order valence-electron chi connectivity index (χ4n) is 2.00. The number of anilines is 2. The average molecular weight is 359 g/mol. The molecular weight excluding hydrogens is 342 g/mol. The van der Waals surface area contributed by atoms with Crippen molar-refractivity contribution in [1.29, 1.82) is 0 Å². The molecule has 23 heavy (non-hydrogen) atoms. The topological polar surface area (TPSA) is 110 Å². The molecule has 0 radical (unpaired) electrons. The van der Waals surface area contributed by atoms with Gasteiger partial charge >= 0.3 is 0 Å². The normalized spacial score (nSPS) is 12.2. The molecule has 1 aromatic carbocycles. The molecule has 0 aliphatic rings. The first-order chi connectivity index (χ1) is 10.5. The molecule has 0 spiro atoms. The summed E-state index contributed by atoms with van der Waals surface area (Å²) in [5.74, 6) is 0.198. The minimum atomic E-state index is -3.83. The molecule has 0 saturated heterocycles. The van der Waals surface area contributed by atoms with Gasteiger partial charge in [0.15, 0.2) is 10.7 Å². The summed E-state index contributed by atoms with van der Waals surface area (Å²) in [6.45, 7) is 3.05. The number of rotatable bonds is 5. The predicted octanol–water partition coefficient (Wildman–Crippen LogP) is 1.49. The number of nitrogens with one attached hydrogen (secondary N) is 1. The first-order valence-corrected chi connectivity index (χ1v) is 9.85. The Morgan fingerprint density at radius 3 is 2.09 bits per heavy atom. The smallest absolute Gasteiger partial charge is 0.267 e. The molecule has 2 rings (SSSR count). The Morgan fingerprint density at radius 2 is 1.65 bits per heavy atom. The van der Waals surface area contributed by atoms with Crippen molar-refractivity contribution >= 4 is 31.4 Å². The zero-order valence-electron chi connectivity index (χ0n) is 13.1. The van der Waals surface area contributed by atoms with Crippen LogP contribution in [0.2, 0.25) is 0 Å². The van der Waals surface area contributed by atoms with Crippen LogP contribution in [0.1, 0.15) is 11.5 Å². The van der Waals surface area contributed by atoms with E-state index >= 15 is 0 Å². The molecule has 2 aromatic rings. The van der Waals surface area contributed by atoms with Crippen molar-refractivity contribution in [2.75, 3.05) is 22.3 Å². The summed E-state index contributed by atoms with van der Waals surface area (Å²) in [5, 5.41) is 3.62. The summed E-state index contributed by atoms with van der Waals surface area (Å²) in [5.41, 5.74) is 0.992. The van der Waals surface area contributed by atoms with Crippen LogP contribution >= 0.6 is 0 Å². The van der Waals surface area contributed by atoms with E-state index in [4.69, 9.17) is 4.52 Å². The summed E-state index contributed by atoms with van der Waals surface area (Å²) < 4.78 is 56.0. The number of aryl methyl sites for hydroxylation is 2. The van der Waals surface area contributed by atoms with Gasteiger partial charge in [0, 0.05) is 12.7 Å². The summed E-state index contributed by atoms with van der Waals surface area (Å²) in [7, 11) is -5.79. The van der Waals surface area contributed by atoms with E-state index in [1.54, 1.807) is 0 Å². The van der Waals surface area contributed by atoms with Crippen LogP contribution in [0, 0.1) is 13.8 Å². The Labute approximate surface area is 135 Å². The highest BCUT2D eigenvalue weighted by Gasteiger charge is 2.24. The highest BCUT2D eigenvalue weighted by Crippen LogP contribution is 2.24. The maximum atomic E-state index is 12.4. The van der Waals surface area contributed by atoms with Crippen molar-refractivity contribution in [2.24, 2.45) is 0 Å². The van der Waals surface area contributed by atoms with Crippen LogP contribution in [-0.4, -0.2) is 35.3 Å². The van der Waals surface area contributed by atoms with E-state index in [2.05, 4.69) is 9.88 Å². The molecular formula is C13H17N3O5S2. The number of nitrogens with zero attached hydrogens (tertiary/aromatic N) is 2. The Balaban J connectivity index is 2.28. The van der Waals surface area contributed by atoms with Gasteiger partial charge in [-0.3, -0.25) is 9.03 Å². The predicted molar refractivity (Wildman–Crippen MR) is 86.5 cm³/mol. The molecule has 0 unspecified atom stereocenters. The molecule has 10 heteroatoms. The van der Waals surface area contributed by atoms with Gasteiger partial charge in [0.2, 0.25) is 10.0 Å². The van der Waals surface area contributed by atoms with Gasteiger partial charge in [-0.05, 0) is 38.1 Å². The van der Waals surface area contributed by atoms with Crippen LogP contribution in [-0.2, 0) is 20.0 Å². The van der Waals surface area contributed by atoms with E-state index in [0.717, 1.165) is 10.6 Å². The minimum Gasteiger partial charge on any atom is -0.360 e. The zero-order chi connectivity index (χ0) is 17.4. The van der Waals surface area contributed by atoms with Gasteiger partial charge in [-0.1, -0.05) is 5.16 Å². The summed E-state index contributed by atoms with van der Waals surface area (Å²) >= 11 is 0. The molecule has 0 aliphatic carbocycles. The largest absolute Gasteiger partial charge is 0.360 e. The van der Waals surface area contributed by atoms with Gasteiger partial charge in [0.05, 0.1) is 11.9 Å². The minimum absolute atomic E-state index is 0.00479. The molecule has 0 amide bonds. The summed E-state index contributed by atoms with van der Waals surface area (Å²) in [6.07, 6.45) is 1.08. The lowest BCUT2D eigenvalue weighted by Crippen LogP contribution is -2.24. The van der Waals surface area contributed by atoms with Gasteiger partial charge in [0.1, 0.15) is 5.69 Å². The van der Waals surface area contributed by atoms with Crippen molar-refractivity contribution < 1.29 is 21.4 Å². The molecule has 0 saturated carbocycles. The highest BCUT2D eigenvalue weighted by atomic mass is 32.2. The quantitative estimate of drug-likeness (QED) is 0.866. The van der Waals surface area contributed by atoms with Crippen molar-refractivity contribution in [2.45, 2.75) is 18.7 Å². The van der Waals surface area contributed by atoms with Crippen molar-refractivity contribution in [3.8, 4) is 0 Å². The molecule has 1 heterocycles. The van der Waals surface area contributed by atoms with Gasteiger partial charge in [0.25, 0.3) is 10.0 Å². The van der Waals surface area contributed by atoms with Gasteiger partial charge in [-0.2, -0.15) is 0 Å². The molecule has 1 aromatic heterocycles.